The normalized spacial score (nSPS) is 15.5. The Morgan fingerprint density at radius 2 is 2.18 bits per heavy atom. The molecule has 33 heavy (non-hydrogen) atoms. The second-order valence-electron chi connectivity index (χ2n) is 7.93. The second-order valence-corrected chi connectivity index (χ2v) is 8.37. The lowest BCUT2D eigenvalue weighted by Gasteiger charge is -2.21. The molecule has 0 saturated carbocycles. The minimum Gasteiger partial charge on any atom is -0.481 e. The highest BCUT2D eigenvalue weighted by Crippen LogP contribution is 2.25. The smallest absolute Gasteiger partial charge is 0.244 e. The molecule has 1 aliphatic rings. The zero-order valence-corrected chi connectivity index (χ0v) is 18.8. The molecular formula is C25H22ClN5O2. The highest BCUT2D eigenvalue weighted by Gasteiger charge is 2.23. The molecule has 1 N–H and O–H groups in total. The van der Waals surface area contributed by atoms with Gasteiger partial charge >= 0.3 is 0 Å². The van der Waals surface area contributed by atoms with E-state index in [1.54, 1.807) is 37.6 Å². The van der Waals surface area contributed by atoms with Crippen molar-refractivity contribution < 1.29 is 9.53 Å². The summed E-state index contributed by atoms with van der Waals surface area (Å²) in [6, 6.07) is 13.0. The molecule has 3 aromatic heterocycles. The van der Waals surface area contributed by atoms with E-state index in [1.165, 1.54) is 0 Å². The van der Waals surface area contributed by atoms with Crippen LogP contribution in [0.3, 0.4) is 0 Å². The number of nitrogens with one attached hydrogen (secondary N) is 1. The lowest BCUT2D eigenvalue weighted by atomic mass is 9.93. The van der Waals surface area contributed by atoms with Crippen LogP contribution < -0.4 is 10.1 Å². The number of rotatable bonds is 5. The van der Waals surface area contributed by atoms with E-state index in [1.807, 2.05) is 41.2 Å². The quantitative estimate of drug-likeness (QED) is 0.453. The van der Waals surface area contributed by atoms with Crippen LogP contribution in [0.25, 0.3) is 22.8 Å². The summed E-state index contributed by atoms with van der Waals surface area (Å²) in [7, 11) is 1.59. The molecule has 0 fully saturated rings. The average Bonchev–Trinajstić information content (AvgIpc) is 3.25. The van der Waals surface area contributed by atoms with Gasteiger partial charge in [-0.15, -0.1) is 0 Å². The highest BCUT2D eigenvalue weighted by molar-refractivity contribution is 6.30. The largest absolute Gasteiger partial charge is 0.481 e. The Bertz CT molecular complexity index is 1360. The topological polar surface area (TPSA) is 81.9 Å². The number of fused-ring (bicyclic) bond motifs is 2. The zero-order chi connectivity index (χ0) is 22.8. The van der Waals surface area contributed by atoms with Crippen molar-refractivity contribution in [3.8, 4) is 11.6 Å². The van der Waals surface area contributed by atoms with Gasteiger partial charge < -0.3 is 10.1 Å². The Hall–Kier alpha value is -3.71. The van der Waals surface area contributed by atoms with Gasteiger partial charge in [0.2, 0.25) is 11.8 Å². The number of benzene rings is 1. The number of pyridine rings is 2. The number of ether oxygens (including phenoxy) is 1. The summed E-state index contributed by atoms with van der Waals surface area (Å²) < 4.78 is 7.13. The molecule has 1 atom stereocenters. The minimum atomic E-state index is -0.118. The molecule has 4 aromatic rings. The van der Waals surface area contributed by atoms with Gasteiger partial charge in [-0.1, -0.05) is 23.7 Å². The summed E-state index contributed by atoms with van der Waals surface area (Å²) in [5.74, 6) is 0.412. The summed E-state index contributed by atoms with van der Waals surface area (Å²) in [4.78, 5) is 21.4. The highest BCUT2D eigenvalue weighted by atomic mass is 35.5. The van der Waals surface area contributed by atoms with Crippen molar-refractivity contribution in [1.82, 2.24) is 25.1 Å². The summed E-state index contributed by atoms with van der Waals surface area (Å²) in [5.41, 5.74) is 5.41. The molecule has 0 aliphatic heterocycles. The number of hydrogen-bond acceptors (Lipinski definition) is 5. The number of carbonyl (C=O) groups excluding carboxylic acids is 1. The third kappa shape index (κ3) is 4.59. The molecule has 8 heteroatoms. The summed E-state index contributed by atoms with van der Waals surface area (Å²) in [6.45, 7) is 0. The molecule has 1 unspecified atom stereocenters. The van der Waals surface area contributed by atoms with E-state index >= 15 is 0 Å². The van der Waals surface area contributed by atoms with Gasteiger partial charge in [0.25, 0.3) is 0 Å². The Labute approximate surface area is 196 Å². The molecule has 1 aliphatic carbocycles. The molecule has 1 amide bonds. The van der Waals surface area contributed by atoms with E-state index in [-0.39, 0.29) is 11.9 Å². The van der Waals surface area contributed by atoms with Crippen LogP contribution in [-0.2, 0) is 17.6 Å². The number of aryl methyl sites for hydroxylation is 1. The van der Waals surface area contributed by atoms with Gasteiger partial charge in [0.15, 0.2) is 0 Å². The maximum absolute atomic E-state index is 12.4. The van der Waals surface area contributed by atoms with Crippen molar-refractivity contribution in [3.05, 3.63) is 82.8 Å². The van der Waals surface area contributed by atoms with Crippen LogP contribution in [0.1, 0.15) is 23.2 Å². The van der Waals surface area contributed by atoms with Crippen LogP contribution in [0.4, 0.5) is 0 Å². The predicted octanol–water partition coefficient (Wildman–Crippen LogP) is 4.16. The molecule has 5 rings (SSSR count). The fourth-order valence-corrected chi connectivity index (χ4v) is 4.27. The predicted molar refractivity (Wildman–Crippen MR) is 128 cm³/mol. The summed E-state index contributed by atoms with van der Waals surface area (Å²) in [5, 5.41) is 8.54. The zero-order valence-electron chi connectivity index (χ0n) is 18.0. The Kier molecular flexibility index (Phi) is 5.79. The Balaban J connectivity index is 1.32. The molecule has 0 bridgehead atoms. The van der Waals surface area contributed by atoms with Gasteiger partial charge in [-0.05, 0) is 60.7 Å². The molecule has 166 valence electrons. The lowest BCUT2D eigenvalue weighted by molar-refractivity contribution is -0.117. The van der Waals surface area contributed by atoms with Crippen LogP contribution in [-0.4, -0.2) is 38.8 Å². The van der Waals surface area contributed by atoms with Gasteiger partial charge in [-0.2, -0.15) is 5.10 Å². The van der Waals surface area contributed by atoms with Gasteiger partial charge in [-0.3, -0.25) is 9.78 Å². The van der Waals surface area contributed by atoms with Crippen molar-refractivity contribution in [3.63, 3.8) is 0 Å². The number of halogens is 1. The van der Waals surface area contributed by atoms with E-state index in [2.05, 4.69) is 15.3 Å². The maximum Gasteiger partial charge on any atom is 0.244 e. The minimum absolute atomic E-state index is 0.0547. The van der Waals surface area contributed by atoms with Crippen LogP contribution >= 0.6 is 11.6 Å². The van der Waals surface area contributed by atoms with Crippen molar-refractivity contribution in [2.75, 3.05) is 7.11 Å². The standard InChI is InChI=1S/C25H22ClN5O2/c1-33-24-10-8-21-25(29-24)22(11-12-27-21)31-15-17-14-19(6-7-20(17)30-31)28-23(32)9-5-16-3-2-4-18(26)13-16/h2-5,8-13,15,19H,6-7,14H2,1H3,(H,28,32). The van der Waals surface area contributed by atoms with E-state index in [0.29, 0.717) is 10.9 Å². The molecule has 7 nitrogen and oxygen atoms in total. The molecule has 0 spiro atoms. The van der Waals surface area contributed by atoms with Crippen molar-refractivity contribution >= 4 is 34.6 Å². The van der Waals surface area contributed by atoms with E-state index in [4.69, 9.17) is 21.4 Å². The SMILES string of the molecule is COc1ccc2nccc(-n3cc4c(n3)CCC(NC(=O)C=Cc3cccc(Cl)c3)C4)c2n1. The first-order valence-electron chi connectivity index (χ1n) is 10.7. The molecular weight excluding hydrogens is 438 g/mol. The summed E-state index contributed by atoms with van der Waals surface area (Å²) >= 11 is 6.00. The Morgan fingerprint density at radius 1 is 1.27 bits per heavy atom. The maximum atomic E-state index is 12.4. The second kappa shape index (κ2) is 9.03. The number of nitrogens with zero attached hydrogens (tertiary/aromatic N) is 4. The number of aromatic nitrogens is 4. The average molecular weight is 460 g/mol. The van der Waals surface area contributed by atoms with Crippen molar-refractivity contribution in [2.45, 2.75) is 25.3 Å². The van der Waals surface area contributed by atoms with Crippen LogP contribution in [0.2, 0.25) is 5.02 Å². The monoisotopic (exact) mass is 459 g/mol. The molecule has 0 radical (unpaired) electrons. The first-order chi connectivity index (χ1) is 16.1. The van der Waals surface area contributed by atoms with Gasteiger partial charge in [-0.25, -0.2) is 9.67 Å². The van der Waals surface area contributed by atoms with E-state index < -0.39 is 0 Å². The van der Waals surface area contributed by atoms with E-state index in [9.17, 15) is 4.79 Å². The van der Waals surface area contributed by atoms with E-state index in [0.717, 1.165) is 52.8 Å². The molecule has 0 saturated heterocycles. The third-order valence-electron chi connectivity index (χ3n) is 5.69. The van der Waals surface area contributed by atoms with Gasteiger partial charge in [0.1, 0.15) is 5.52 Å². The third-order valence-corrected chi connectivity index (χ3v) is 5.92. The Morgan fingerprint density at radius 3 is 3.03 bits per heavy atom. The molecule has 1 aromatic carbocycles. The first kappa shape index (κ1) is 21.2. The first-order valence-corrected chi connectivity index (χ1v) is 11.1. The number of methoxy groups -OCH3 is 1. The fourth-order valence-electron chi connectivity index (χ4n) is 4.08. The van der Waals surface area contributed by atoms with Crippen LogP contribution in [0.5, 0.6) is 5.88 Å². The molecule has 3 heterocycles. The number of carbonyl (C=O) groups is 1. The van der Waals surface area contributed by atoms with Crippen LogP contribution in [0, 0.1) is 0 Å². The van der Waals surface area contributed by atoms with Gasteiger partial charge in [0, 0.05) is 35.6 Å². The van der Waals surface area contributed by atoms with Crippen LogP contribution in [0.15, 0.2) is 60.9 Å². The fraction of sp³-hybridized carbons (Fsp3) is 0.200. The number of hydrogen-bond donors (Lipinski definition) is 1. The van der Waals surface area contributed by atoms with Crippen molar-refractivity contribution in [1.29, 1.82) is 0 Å². The lowest BCUT2D eigenvalue weighted by Crippen LogP contribution is -2.37. The van der Waals surface area contributed by atoms with Crippen molar-refractivity contribution in [2.24, 2.45) is 0 Å². The van der Waals surface area contributed by atoms with Gasteiger partial charge in [0.05, 0.1) is 24.0 Å². The summed E-state index contributed by atoms with van der Waals surface area (Å²) in [6.07, 6.45) is 9.45. The number of amides is 1.